The summed E-state index contributed by atoms with van der Waals surface area (Å²) < 4.78 is 54.7. The van der Waals surface area contributed by atoms with Crippen molar-refractivity contribution in [3.05, 3.63) is 77.9 Å². The maximum atomic E-state index is 12.9. The maximum absolute atomic E-state index is 12.9. The Morgan fingerprint density at radius 1 is 0.875 bits per heavy atom. The van der Waals surface area contributed by atoms with E-state index in [4.69, 9.17) is 14.2 Å². The van der Waals surface area contributed by atoms with E-state index >= 15 is 0 Å². The summed E-state index contributed by atoms with van der Waals surface area (Å²) in [6.07, 6.45) is -3.28. The summed E-state index contributed by atoms with van der Waals surface area (Å²) in [7, 11) is 1.36. The van der Waals surface area contributed by atoms with E-state index in [1.165, 1.54) is 43.7 Å². The van der Waals surface area contributed by atoms with E-state index in [-0.39, 0.29) is 17.2 Å². The monoisotopic (exact) mass is 558 g/mol. The third-order valence-electron chi connectivity index (χ3n) is 5.04. The summed E-state index contributed by atoms with van der Waals surface area (Å²) >= 11 is 0. The molecule has 0 unspecified atom stereocenters. The summed E-state index contributed by atoms with van der Waals surface area (Å²) in [6.45, 7) is 1.66. The molecule has 210 valence electrons. The predicted octanol–water partition coefficient (Wildman–Crippen LogP) is 4.22. The van der Waals surface area contributed by atoms with E-state index in [9.17, 15) is 27.6 Å². The van der Waals surface area contributed by atoms with E-state index in [1.807, 2.05) is 0 Å². The number of anilines is 2. The number of nitrogens with zero attached hydrogens (tertiary/aromatic N) is 1. The highest BCUT2D eigenvalue weighted by molar-refractivity contribution is 6.39. The third kappa shape index (κ3) is 8.48. The maximum Gasteiger partial charge on any atom is 0.416 e. The molecule has 0 heterocycles. The van der Waals surface area contributed by atoms with Crippen molar-refractivity contribution in [2.75, 3.05) is 31.0 Å². The topological polar surface area (TPSA) is 127 Å². The lowest BCUT2D eigenvalue weighted by molar-refractivity contribution is -0.137. The van der Waals surface area contributed by atoms with Crippen molar-refractivity contribution in [3.63, 3.8) is 0 Å². The largest absolute Gasteiger partial charge is 0.493 e. The van der Waals surface area contributed by atoms with E-state index in [2.05, 4.69) is 21.2 Å². The Hall–Kier alpha value is -5.07. The number of benzene rings is 3. The lowest BCUT2D eigenvalue weighted by Crippen LogP contribution is -2.32. The van der Waals surface area contributed by atoms with Crippen molar-refractivity contribution in [2.24, 2.45) is 5.10 Å². The number of ether oxygens (including phenoxy) is 3. The Kier molecular flexibility index (Phi) is 10.1. The first-order valence-electron chi connectivity index (χ1n) is 11.7. The summed E-state index contributed by atoms with van der Waals surface area (Å²) in [6, 6.07) is 15.4. The van der Waals surface area contributed by atoms with E-state index in [0.717, 1.165) is 12.1 Å². The van der Waals surface area contributed by atoms with Crippen LogP contribution < -0.4 is 30.3 Å². The van der Waals surface area contributed by atoms with Crippen LogP contribution in [0.5, 0.6) is 17.2 Å². The van der Waals surface area contributed by atoms with Gasteiger partial charge >= 0.3 is 18.0 Å². The van der Waals surface area contributed by atoms with Gasteiger partial charge < -0.3 is 24.8 Å². The zero-order chi connectivity index (χ0) is 29.1. The Labute approximate surface area is 227 Å². The van der Waals surface area contributed by atoms with Gasteiger partial charge in [-0.15, -0.1) is 0 Å². The zero-order valence-corrected chi connectivity index (χ0v) is 21.4. The van der Waals surface area contributed by atoms with E-state index < -0.39 is 36.1 Å². The van der Waals surface area contributed by atoms with Crippen molar-refractivity contribution in [2.45, 2.75) is 13.1 Å². The normalized spacial score (nSPS) is 11.0. The van der Waals surface area contributed by atoms with Gasteiger partial charge in [-0.3, -0.25) is 14.4 Å². The average molecular weight is 559 g/mol. The fourth-order valence-corrected chi connectivity index (χ4v) is 3.24. The Morgan fingerprint density at radius 3 is 2.38 bits per heavy atom. The van der Waals surface area contributed by atoms with Crippen LogP contribution in [0.1, 0.15) is 18.1 Å². The first-order chi connectivity index (χ1) is 19.1. The second-order valence-corrected chi connectivity index (χ2v) is 7.91. The highest BCUT2D eigenvalue weighted by Gasteiger charge is 2.30. The number of halogens is 3. The number of carbonyl (C=O) groups excluding carboxylic acids is 3. The quantitative estimate of drug-likeness (QED) is 0.194. The minimum Gasteiger partial charge on any atom is -0.493 e. The van der Waals surface area contributed by atoms with Crippen molar-refractivity contribution in [1.29, 1.82) is 0 Å². The summed E-state index contributed by atoms with van der Waals surface area (Å²) in [5.74, 6) is -1.84. The van der Waals surface area contributed by atoms with Crippen LogP contribution in [-0.2, 0) is 20.6 Å². The molecule has 0 saturated heterocycles. The number of alkyl halides is 3. The van der Waals surface area contributed by atoms with Gasteiger partial charge in [0.1, 0.15) is 5.75 Å². The third-order valence-corrected chi connectivity index (χ3v) is 5.04. The molecule has 0 bridgehead atoms. The van der Waals surface area contributed by atoms with Crippen LogP contribution >= 0.6 is 0 Å². The van der Waals surface area contributed by atoms with Gasteiger partial charge in [0.05, 0.1) is 31.2 Å². The lowest BCUT2D eigenvalue weighted by Gasteiger charge is -2.12. The number of hydrogen-bond donors (Lipinski definition) is 3. The molecule has 0 atom stereocenters. The van der Waals surface area contributed by atoms with Crippen LogP contribution in [-0.4, -0.2) is 44.3 Å². The number of rotatable bonds is 10. The number of hydrogen-bond acceptors (Lipinski definition) is 7. The fourth-order valence-electron chi connectivity index (χ4n) is 3.24. The molecule has 0 aromatic heterocycles. The highest BCUT2D eigenvalue weighted by atomic mass is 19.4. The number of methoxy groups -OCH3 is 1. The average Bonchev–Trinajstić information content (AvgIpc) is 2.93. The second kappa shape index (κ2) is 13.6. The zero-order valence-electron chi connectivity index (χ0n) is 21.4. The van der Waals surface area contributed by atoms with Crippen LogP contribution in [0.25, 0.3) is 0 Å². The standard InChI is InChI=1S/C27H25F3N4O6/c1-3-39-21-10-5-4-9-20(21)33-25(36)26(37)34-31-15-17-11-12-22(23(13-17)38-2)40-16-24(35)32-19-8-6-7-18(14-19)27(28,29)30/h4-15H,3,16H2,1-2H3,(H,32,35)(H,33,36)(H,34,37)/b31-15-. The first-order valence-corrected chi connectivity index (χ1v) is 11.7. The minimum absolute atomic E-state index is 0.0313. The first kappa shape index (κ1) is 29.5. The van der Waals surface area contributed by atoms with Crippen LogP contribution in [0.15, 0.2) is 71.8 Å². The van der Waals surface area contributed by atoms with Crippen molar-refractivity contribution < 1.29 is 41.8 Å². The molecule has 0 aliphatic heterocycles. The molecule has 40 heavy (non-hydrogen) atoms. The van der Waals surface area contributed by atoms with Gasteiger partial charge in [-0.25, -0.2) is 5.43 Å². The minimum atomic E-state index is -4.54. The molecule has 13 heteroatoms. The predicted molar refractivity (Wildman–Crippen MR) is 141 cm³/mol. The van der Waals surface area contributed by atoms with Crippen molar-refractivity contribution in [1.82, 2.24) is 5.43 Å². The number of hydrazone groups is 1. The smallest absolute Gasteiger partial charge is 0.416 e. The summed E-state index contributed by atoms with van der Waals surface area (Å²) in [5, 5.41) is 8.54. The summed E-state index contributed by atoms with van der Waals surface area (Å²) in [5.41, 5.74) is 1.98. The number of amides is 3. The van der Waals surface area contributed by atoms with Gasteiger partial charge in [-0.2, -0.15) is 18.3 Å². The molecule has 3 aromatic rings. The van der Waals surface area contributed by atoms with Gasteiger partial charge in [-0.1, -0.05) is 18.2 Å². The number of carbonyl (C=O) groups is 3. The number of para-hydroxylation sites is 2. The van der Waals surface area contributed by atoms with Gasteiger partial charge in [0, 0.05) is 5.69 Å². The molecule has 0 aliphatic rings. The van der Waals surface area contributed by atoms with Gasteiger partial charge in [0.2, 0.25) is 0 Å². The Balaban J connectivity index is 1.54. The molecule has 0 saturated carbocycles. The molecular formula is C27H25F3N4O6. The second-order valence-electron chi connectivity index (χ2n) is 7.91. The SMILES string of the molecule is CCOc1ccccc1NC(=O)C(=O)N/N=C\c1ccc(OCC(=O)Nc2cccc(C(F)(F)F)c2)c(OC)c1. The Bertz CT molecular complexity index is 1390. The molecule has 3 N–H and O–H groups in total. The van der Waals surface area contributed by atoms with Crippen LogP contribution in [0.4, 0.5) is 24.5 Å². The summed E-state index contributed by atoms with van der Waals surface area (Å²) in [4.78, 5) is 36.5. The molecule has 10 nitrogen and oxygen atoms in total. The molecule has 3 rings (SSSR count). The lowest BCUT2D eigenvalue weighted by atomic mass is 10.2. The van der Waals surface area contributed by atoms with E-state index in [1.54, 1.807) is 31.2 Å². The Morgan fingerprint density at radius 2 is 1.65 bits per heavy atom. The molecule has 3 amide bonds. The molecular weight excluding hydrogens is 533 g/mol. The van der Waals surface area contributed by atoms with Crippen molar-refractivity contribution >= 4 is 35.3 Å². The fraction of sp³-hybridized carbons (Fsp3) is 0.185. The molecule has 3 aromatic carbocycles. The van der Waals surface area contributed by atoms with Crippen LogP contribution in [0.2, 0.25) is 0 Å². The molecule has 0 spiro atoms. The van der Waals surface area contributed by atoms with Crippen LogP contribution in [0, 0.1) is 0 Å². The van der Waals surface area contributed by atoms with Crippen molar-refractivity contribution in [3.8, 4) is 17.2 Å². The van der Waals surface area contributed by atoms with Gasteiger partial charge in [0.25, 0.3) is 5.91 Å². The van der Waals surface area contributed by atoms with Crippen LogP contribution in [0.3, 0.4) is 0 Å². The van der Waals surface area contributed by atoms with Gasteiger partial charge in [-0.05, 0) is 61.0 Å². The van der Waals surface area contributed by atoms with E-state index in [0.29, 0.717) is 23.6 Å². The highest BCUT2D eigenvalue weighted by Crippen LogP contribution is 2.31. The molecule has 0 radical (unpaired) electrons. The van der Waals surface area contributed by atoms with Gasteiger partial charge in [0.15, 0.2) is 18.1 Å². The molecule has 0 aliphatic carbocycles. The molecule has 0 fully saturated rings. The number of nitrogens with one attached hydrogen (secondary N) is 3.